The number of benzene rings is 1. The Hall–Kier alpha value is -2.75. The Morgan fingerprint density at radius 2 is 1.89 bits per heavy atom. The van der Waals surface area contributed by atoms with Crippen molar-refractivity contribution in [1.82, 2.24) is 4.90 Å². The van der Waals surface area contributed by atoms with Crippen molar-refractivity contribution in [2.75, 3.05) is 31.6 Å². The molecule has 27 heavy (non-hydrogen) atoms. The highest BCUT2D eigenvalue weighted by atomic mass is 16.6. The van der Waals surface area contributed by atoms with Crippen molar-refractivity contribution >= 4 is 17.7 Å². The van der Waals surface area contributed by atoms with Gasteiger partial charge < -0.3 is 19.3 Å². The summed E-state index contributed by atoms with van der Waals surface area (Å²) in [6, 6.07) is 7.16. The zero-order chi connectivity index (χ0) is 20.4. The summed E-state index contributed by atoms with van der Waals surface area (Å²) in [6.45, 7) is 11.2. The number of rotatable bonds is 2. The third-order valence-corrected chi connectivity index (χ3v) is 4.39. The molecule has 1 amide bonds. The number of nitrogens with zero attached hydrogens (tertiary/aromatic N) is 3. The van der Waals surface area contributed by atoms with Crippen LogP contribution < -0.4 is 4.90 Å². The van der Waals surface area contributed by atoms with Crippen LogP contribution in [0.1, 0.15) is 50.5 Å². The van der Waals surface area contributed by atoms with Crippen molar-refractivity contribution in [2.24, 2.45) is 0 Å². The van der Waals surface area contributed by atoms with Gasteiger partial charge in [0.25, 0.3) is 0 Å². The zero-order valence-electron chi connectivity index (χ0n) is 16.8. The lowest BCUT2D eigenvalue weighted by atomic mass is 9.96. The van der Waals surface area contributed by atoms with E-state index in [1.807, 2.05) is 34.6 Å². The van der Waals surface area contributed by atoms with E-state index in [0.29, 0.717) is 19.6 Å². The molecule has 1 aromatic carbocycles. The molecule has 7 heteroatoms. The minimum Gasteiger partial charge on any atom is -0.465 e. The maximum absolute atomic E-state index is 12.4. The van der Waals surface area contributed by atoms with E-state index in [4.69, 9.17) is 9.47 Å². The van der Waals surface area contributed by atoms with E-state index in [2.05, 4.69) is 11.0 Å². The zero-order valence-corrected chi connectivity index (χ0v) is 16.8. The van der Waals surface area contributed by atoms with Gasteiger partial charge in [0.15, 0.2) is 0 Å². The van der Waals surface area contributed by atoms with Gasteiger partial charge in [0.05, 0.1) is 23.8 Å². The molecular formula is C20H27N3O4. The Morgan fingerprint density at radius 1 is 1.22 bits per heavy atom. The Bertz CT molecular complexity index is 774. The average Bonchev–Trinajstić information content (AvgIpc) is 2.58. The normalized spacial score (nSPS) is 16.5. The number of amides is 1. The van der Waals surface area contributed by atoms with Crippen molar-refractivity contribution in [1.29, 1.82) is 5.26 Å². The van der Waals surface area contributed by atoms with Crippen molar-refractivity contribution in [3.8, 4) is 6.07 Å². The first-order valence-electron chi connectivity index (χ1n) is 8.86. The molecule has 0 saturated carbocycles. The lowest BCUT2D eigenvalue weighted by Gasteiger charge is -2.48. The minimum atomic E-state index is -0.538. The summed E-state index contributed by atoms with van der Waals surface area (Å²) in [5, 5.41) is 9.39. The molecule has 1 heterocycles. The molecule has 0 spiro atoms. The average molecular weight is 373 g/mol. The number of hydrogen-bond acceptors (Lipinski definition) is 6. The summed E-state index contributed by atoms with van der Waals surface area (Å²) in [5.41, 5.74) is 0.435. The summed E-state index contributed by atoms with van der Waals surface area (Å²) in [4.78, 5) is 28.0. The van der Waals surface area contributed by atoms with Gasteiger partial charge in [-0.2, -0.15) is 5.26 Å². The fraction of sp³-hybridized carbons (Fsp3) is 0.550. The van der Waals surface area contributed by atoms with E-state index < -0.39 is 11.6 Å². The van der Waals surface area contributed by atoms with Gasteiger partial charge in [0.2, 0.25) is 0 Å². The smallest absolute Gasteiger partial charge is 0.410 e. The number of carbonyl (C=O) groups is 2. The molecule has 1 aromatic rings. The first-order valence-corrected chi connectivity index (χ1v) is 8.86. The van der Waals surface area contributed by atoms with Gasteiger partial charge >= 0.3 is 12.1 Å². The highest BCUT2D eigenvalue weighted by Crippen LogP contribution is 2.30. The quantitative estimate of drug-likeness (QED) is 0.741. The predicted molar refractivity (Wildman–Crippen MR) is 102 cm³/mol. The van der Waals surface area contributed by atoms with Gasteiger partial charge in [-0.3, -0.25) is 0 Å². The fourth-order valence-corrected chi connectivity index (χ4v) is 3.20. The van der Waals surface area contributed by atoms with E-state index in [-0.39, 0.29) is 22.8 Å². The minimum absolute atomic E-state index is 0.244. The van der Waals surface area contributed by atoms with Crippen molar-refractivity contribution in [2.45, 2.75) is 45.8 Å². The molecule has 0 bridgehead atoms. The summed E-state index contributed by atoms with van der Waals surface area (Å²) < 4.78 is 10.2. The molecule has 1 saturated heterocycles. The van der Waals surface area contributed by atoms with E-state index in [1.54, 1.807) is 23.1 Å². The van der Waals surface area contributed by atoms with Crippen LogP contribution in [0.15, 0.2) is 18.2 Å². The molecule has 0 atom stereocenters. The van der Waals surface area contributed by atoms with E-state index >= 15 is 0 Å². The van der Waals surface area contributed by atoms with E-state index in [0.717, 1.165) is 5.69 Å². The van der Waals surface area contributed by atoms with Gasteiger partial charge in [0.1, 0.15) is 11.7 Å². The van der Waals surface area contributed by atoms with Crippen LogP contribution in [0.3, 0.4) is 0 Å². The second-order valence-corrected chi connectivity index (χ2v) is 8.20. The maximum atomic E-state index is 12.4. The van der Waals surface area contributed by atoms with Crippen LogP contribution in [0, 0.1) is 11.3 Å². The largest absolute Gasteiger partial charge is 0.465 e. The van der Waals surface area contributed by atoms with Crippen molar-refractivity contribution in [3.05, 3.63) is 29.3 Å². The molecule has 0 N–H and O–H groups in total. The molecule has 146 valence electrons. The van der Waals surface area contributed by atoms with Gasteiger partial charge in [0, 0.05) is 25.3 Å². The second-order valence-electron chi connectivity index (χ2n) is 8.20. The van der Waals surface area contributed by atoms with Crippen LogP contribution in [0.4, 0.5) is 10.5 Å². The predicted octanol–water partition coefficient (Wildman–Crippen LogP) is 3.18. The van der Waals surface area contributed by atoms with Gasteiger partial charge in [-0.25, -0.2) is 9.59 Å². The lowest BCUT2D eigenvalue weighted by Crippen LogP contribution is -2.61. The summed E-state index contributed by atoms with van der Waals surface area (Å²) in [7, 11) is 1.29. The summed E-state index contributed by atoms with van der Waals surface area (Å²) in [5.74, 6) is -0.535. The van der Waals surface area contributed by atoms with Gasteiger partial charge in [-0.1, -0.05) is 0 Å². The van der Waals surface area contributed by atoms with Crippen LogP contribution in [-0.2, 0) is 9.47 Å². The number of hydrogen-bond donors (Lipinski definition) is 0. The van der Waals surface area contributed by atoms with Crippen LogP contribution >= 0.6 is 0 Å². The van der Waals surface area contributed by atoms with Crippen molar-refractivity contribution in [3.63, 3.8) is 0 Å². The highest BCUT2D eigenvalue weighted by molar-refractivity contribution is 5.92. The molecule has 0 unspecified atom stereocenters. The third-order valence-electron chi connectivity index (χ3n) is 4.39. The summed E-state index contributed by atoms with van der Waals surface area (Å²) in [6.07, 6.45) is -0.325. The Labute approximate surface area is 160 Å². The Balaban J connectivity index is 2.23. The van der Waals surface area contributed by atoms with Crippen molar-refractivity contribution < 1.29 is 19.1 Å². The fourth-order valence-electron chi connectivity index (χ4n) is 3.20. The number of nitriles is 1. The first-order chi connectivity index (χ1) is 12.5. The van der Waals surface area contributed by atoms with E-state index in [9.17, 15) is 14.9 Å². The molecule has 0 radical (unpaired) electrons. The number of anilines is 1. The van der Waals surface area contributed by atoms with Gasteiger partial charge in [-0.05, 0) is 52.8 Å². The first kappa shape index (κ1) is 20.6. The molecule has 2 rings (SSSR count). The number of carbonyl (C=O) groups excluding carboxylic acids is 2. The van der Waals surface area contributed by atoms with Crippen LogP contribution in [0.25, 0.3) is 0 Å². The molecule has 0 aromatic heterocycles. The second kappa shape index (κ2) is 7.47. The number of methoxy groups -OCH3 is 1. The molecule has 1 aliphatic rings. The molecule has 1 fully saturated rings. The monoisotopic (exact) mass is 373 g/mol. The number of piperazine rings is 1. The standard InChI is InChI=1S/C20H27N3O4/c1-19(2,3)27-18(25)22-9-10-23(20(4,5)13-22)15-7-8-16(17(24)26-6)14(11-15)12-21/h7-8,11H,9-10,13H2,1-6H3. The Morgan fingerprint density at radius 3 is 2.41 bits per heavy atom. The Kier molecular flexibility index (Phi) is 5.69. The summed E-state index contributed by atoms with van der Waals surface area (Å²) >= 11 is 0. The topological polar surface area (TPSA) is 82.9 Å². The lowest BCUT2D eigenvalue weighted by molar-refractivity contribution is 0.0179. The number of esters is 1. The van der Waals surface area contributed by atoms with Crippen LogP contribution in [-0.4, -0.2) is 54.8 Å². The molecular weight excluding hydrogens is 346 g/mol. The molecule has 1 aliphatic heterocycles. The van der Waals surface area contributed by atoms with Gasteiger partial charge in [-0.15, -0.1) is 0 Å². The molecule has 7 nitrogen and oxygen atoms in total. The SMILES string of the molecule is COC(=O)c1ccc(N2CCN(C(=O)OC(C)(C)C)CC2(C)C)cc1C#N. The maximum Gasteiger partial charge on any atom is 0.410 e. The third kappa shape index (κ3) is 4.70. The van der Waals surface area contributed by atoms with Crippen LogP contribution in [0.5, 0.6) is 0 Å². The van der Waals surface area contributed by atoms with Crippen LogP contribution in [0.2, 0.25) is 0 Å². The molecule has 0 aliphatic carbocycles. The highest BCUT2D eigenvalue weighted by Gasteiger charge is 2.37. The number of ether oxygens (including phenoxy) is 2. The van der Waals surface area contributed by atoms with E-state index in [1.165, 1.54) is 7.11 Å².